The molecule has 1 fully saturated rings. The maximum Gasteiger partial charge on any atom is 0.407 e. The molecule has 0 spiro atoms. The highest BCUT2D eigenvalue weighted by Gasteiger charge is 2.30. The number of nitrogen functional groups attached to an aromatic ring is 1. The molecular weight excluding hydrogens is 630 g/mol. The van der Waals surface area contributed by atoms with Gasteiger partial charge in [-0.15, -0.1) is 0 Å². The molecule has 1 saturated heterocycles. The lowest BCUT2D eigenvalue weighted by molar-refractivity contribution is -0.676. The molecule has 0 aliphatic carbocycles. The number of alkyl carbamates (subject to hydrolysis) is 1. The van der Waals surface area contributed by atoms with Gasteiger partial charge in [-0.05, 0) is 65.7 Å². The van der Waals surface area contributed by atoms with Crippen molar-refractivity contribution in [3.05, 3.63) is 41.9 Å². The number of ether oxygens (including phenoxy) is 1. The Morgan fingerprint density at radius 2 is 1.93 bits per heavy atom. The van der Waals surface area contributed by atoms with E-state index in [0.29, 0.717) is 62.2 Å². The number of carbonyl (C=O) groups is 3. The summed E-state index contributed by atoms with van der Waals surface area (Å²) in [5.74, 6) is 1.27. The minimum atomic E-state index is -0.560. The average molecular weight is 671 g/mol. The van der Waals surface area contributed by atoms with Crippen molar-refractivity contribution in [2.75, 3.05) is 23.7 Å². The third-order valence-corrected chi connectivity index (χ3v) is 7.67. The van der Waals surface area contributed by atoms with Crippen molar-refractivity contribution in [1.29, 1.82) is 0 Å². The molecule has 3 amide bonds. The number of carbonyl (C=O) groups excluding carboxylic acids is 3. The van der Waals surface area contributed by atoms with E-state index in [0.717, 1.165) is 16.9 Å². The number of imidazole rings is 1. The van der Waals surface area contributed by atoms with Crippen LogP contribution in [0.15, 0.2) is 30.5 Å². The first-order chi connectivity index (χ1) is 20.5. The molecule has 44 heavy (non-hydrogen) atoms. The van der Waals surface area contributed by atoms with Crippen molar-refractivity contribution in [3.63, 3.8) is 0 Å². The van der Waals surface area contributed by atoms with Crippen molar-refractivity contribution in [2.45, 2.75) is 78.7 Å². The van der Waals surface area contributed by atoms with E-state index >= 15 is 0 Å². The largest absolute Gasteiger partial charge is 1.00 e. The van der Waals surface area contributed by atoms with E-state index in [-0.39, 0.29) is 47.1 Å². The van der Waals surface area contributed by atoms with Gasteiger partial charge in [0, 0.05) is 37.0 Å². The summed E-state index contributed by atoms with van der Waals surface area (Å²) in [4.78, 5) is 53.2. The second-order valence-electron chi connectivity index (χ2n) is 11.7. The number of rotatable bonds is 8. The zero-order valence-electron chi connectivity index (χ0n) is 25.8. The molecule has 0 saturated carbocycles. The number of piperidine rings is 1. The molecular formula is C30H40BrN9O4. The van der Waals surface area contributed by atoms with E-state index in [1.165, 1.54) is 4.90 Å². The first-order valence-electron chi connectivity index (χ1n) is 14.7. The van der Waals surface area contributed by atoms with E-state index in [1.54, 1.807) is 12.3 Å². The maximum absolute atomic E-state index is 13.6. The van der Waals surface area contributed by atoms with Crippen LogP contribution in [0.1, 0.15) is 63.6 Å². The Morgan fingerprint density at radius 3 is 2.57 bits per heavy atom. The first-order valence-corrected chi connectivity index (χ1v) is 14.7. The predicted molar refractivity (Wildman–Crippen MR) is 162 cm³/mol. The fraction of sp³-hybridized carbons (Fsp3) is 0.467. The zero-order valence-corrected chi connectivity index (χ0v) is 27.3. The van der Waals surface area contributed by atoms with Gasteiger partial charge in [-0.1, -0.05) is 0 Å². The summed E-state index contributed by atoms with van der Waals surface area (Å²) in [6, 6.07) is 7.48. The number of aromatic nitrogens is 5. The van der Waals surface area contributed by atoms with Crippen LogP contribution in [-0.4, -0.2) is 67.6 Å². The third-order valence-electron chi connectivity index (χ3n) is 7.67. The van der Waals surface area contributed by atoms with Gasteiger partial charge in [0.15, 0.2) is 28.3 Å². The fourth-order valence-electron chi connectivity index (χ4n) is 5.68. The molecule has 4 N–H and O–H groups in total. The average Bonchev–Trinajstić information content (AvgIpc) is 3.54. The van der Waals surface area contributed by atoms with Gasteiger partial charge < -0.3 is 42.7 Å². The lowest BCUT2D eigenvalue weighted by Crippen LogP contribution is -3.00. The number of halogens is 1. The van der Waals surface area contributed by atoms with Gasteiger partial charge in [0.25, 0.3) is 11.7 Å². The molecule has 1 aromatic carbocycles. The van der Waals surface area contributed by atoms with E-state index in [9.17, 15) is 14.4 Å². The van der Waals surface area contributed by atoms with Gasteiger partial charge in [0.1, 0.15) is 17.7 Å². The van der Waals surface area contributed by atoms with Crippen LogP contribution in [0.2, 0.25) is 0 Å². The van der Waals surface area contributed by atoms with E-state index in [1.807, 2.05) is 57.7 Å². The molecule has 0 radical (unpaired) electrons. The number of aromatic amines is 1. The highest BCUT2D eigenvalue weighted by Crippen LogP contribution is 2.25. The monoisotopic (exact) mass is 669 g/mol. The zero-order chi connectivity index (χ0) is 30.9. The number of hydrogen-bond donors (Lipinski definition) is 3. The maximum atomic E-state index is 13.6. The lowest BCUT2D eigenvalue weighted by atomic mass is 10.0. The number of H-pyrrole nitrogens is 1. The highest BCUT2D eigenvalue weighted by molar-refractivity contribution is 5.97. The van der Waals surface area contributed by atoms with E-state index in [4.69, 9.17) is 10.5 Å². The Morgan fingerprint density at radius 1 is 1.20 bits per heavy atom. The van der Waals surface area contributed by atoms with Gasteiger partial charge in [-0.3, -0.25) is 14.5 Å². The molecule has 1 aliphatic heterocycles. The smallest absolute Gasteiger partial charge is 0.407 e. The molecule has 0 atom stereocenters. The van der Waals surface area contributed by atoms with Crippen LogP contribution in [0.3, 0.4) is 0 Å². The second-order valence-corrected chi connectivity index (χ2v) is 11.7. The quantitative estimate of drug-likeness (QED) is 0.178. The minimum Gasteiger partial charge on any atom is -1.00 e. The molecule has 14 heteroatoms. The number of fused-ring (bicyclic) bond motifs is 2. The molecule has 13 nitrogen and oxygen atoms in total. The molecule has 0 bridgehead atoms. The second kappa shape index (κ2) is 13.2. The lowest BCUT2D eigenvalue weighted by Gasteiger charge is -2.33. The van der Waals surface area contributed by atoms with Crippen LogP contribution in [0.25, 0.3) is 22.2 Å². The molecule has 0 unspecified atom stereocenters. The number of aryl methyl sites for hydroxylation is 2. The third kappa shape index (κ3) is 6.64. The molecule has 4 heterocycles. The Kier molecular flexibility index (Phi) is 9.81. The summed E-state index contributed by atoms with van der Waals surface area (Å²) in [7, 11) is 0. The number of amides is 3. The van der Waals surface area contributed by atoms with Crippen molar-refractivity contribution < 1.29 is 40.7 Å². The molecule has 4 aromatic rings. The normalized spacial score (nSPS) is 14.0. The minimum absolute atomic E-state index is 0. The fourth-order valence-corrected chi connectivity index (χ4v) is 5.68. The van der Waals surface area contributed by atoms with Gasteiger partial charge in [0.05, 0.1) is 13.1 Å². The van der Waals surface area contributed by atoms with Crippen LogP contribution in [0, 0.1) is 0 Å². The molecule has 1 aliphatic rings. The summed E-state index contributed by atoms with van der Waals surface area (Å²) in [5.41, 5.74) is 9.26. The van der Waals surface area contributed by atoms with Crippen LogP contribution < -0.4 is 37.5 Å². The predicted octanol–water partition coefficient (Wildman–Crippen LogP) is 0.118. The number of nitrogens with two attached hydrogens (primary N) is 1. The van der Waals surface area contributed by atoms with Gasteiger partial charge in [-0.25, -0.2) is 23.9 Å². The highest BCUT2D eigenvalue weighted by atomic mass is 79.9. The topological polar surface area (TPSA) is 155 Å². The summed E-state index contributed by atoms with van der Waals surface area (Å²) in [5, 5.41) is 2.92. The molecule has 236 valence electrons. The standard InChI is InChI=1S/C30H39N9O4.BrH/c1-6-38-22-9-8-19(28(41)36-14-11-20(12-15-36)33-29(42)43-30(3,4)5)16-23(22)39(7-2)24(38)17-37(18-40)27-25(31)35-26-21(34-27)10-13-32-26;/h8-10,13,16,18,20H,6-7,11-12,14-15,17H2,1-5H3,(H3-,31,32,33,34,35,42);1H. The van der Waals surface area contributed by atoms with Crippen molar-refractivity contribution in [1.82, 2.24) is 29.7 Å². The number of benzene rings is 1. The van der Waals surface area contributed by atoms with Crippen molar-refractivity contribution in [3.8, 4) is 0 Å². The van der Waals surface area contributed by atoms with Gasteiger partial charge in [0.2, 0.25) is 6.41 Å². The van der Waals surface area contributed by atoms with Crippen LogP contribution in [0.5, 0.6) is 0 Å². The Labute approximate surface area is 266 Å². The summed E-state index contributed by atoms with van der Waals surface area (Å²) < 4.78 is 9.62. The number of nitrogens with one attached hydrogen (secondary N) is 2. The summed E-state index contributed by atoms with van der Waals surface area (Å²) in [6.07, 6.45) is 3.31. The summed E-state index contributed by atoms with van der Waals surface area (Å²) in [6.45, 7) is 12.1. The van der Waals surface area contributed by atoms with Crippen molar-refractivity contribution in [2.24, 2.45) is 0 Å². The van der Waals surface area contributed by atoms with Gasteiger partial charge >= 0.3 is 6.09 Å². The van der Waals surface area contributed by atoms with Crippen LogP contribution in [-0.2, 0) is 29.2 Å². The summed E-state index contributed by atoms with van der Waals surface area (Å²) >= 11 is 0. The number of anilines is 2. The Hall–Kier alpha value is -4.20. The van der Waals surface area contributed by atoms with Gasteiger partial charge in [-0.2, -0.15) is 0 Å². The SMILES string of the molecule is CCn1c(CN(C=O)c2nc3cc[nH]c3nc2N)[n+](CC)c2ccc(C(=O)N3CCC(NC(=O)OC(C)(C)C)CC3)cc21.[Br-]. The van der Waals surface area contributed by atoms with Crippen LogP contribution in [0.4, 0.5) is 16.4 Å². The Balaban J connectivity index is 0.00000442. The number of nitrogens with zero attached hydrogens (tertiary/aromatic N) is 6. The number of likely N-dealkylation sites (tertiary alicyclic amines) is 1. The van der Waals surface area contributed by atoms with E-state index < -0.39 is 11.7 Å². The molecule has 5 rings (SSSR count). The van der Waals surface area contributed by atoms with Crippen LogP contribution >= 0.6 is 0 Å². The Bertz CT molecular complexity index is 1670. The number of hydrogen-bond acceptors (Lipinski definition) is 7. The first kappa shape index (κ1) is 32.7. The van der Waals surface area contributed by atoms with Crippen molar-refractivity contribution >= 4 is 52.2 Å². The molecule has 3 aromatic heterocycles. The van der Waals surface area contributed by atoms with E-state index in [2.05, 4.69) is 29.4 Å².